The number of rotatable bonds is 19. The molecule has 584 valence electrons. The summed E-state index contributed by atoms with van der Waals surface area (Å²) in [6, 6.07) is 0. The van der Waals surface area contributed by atoms with Crippen molar-refractivity contribution in [2.45, 2.75) is 330 Å². The van der Waals surface area contributed by atoms with Crippen LogP contribution >= 0.6 is 0 Å². The van der Waals surface area contributed by atoms with Gasteiger partial charge in [0.25, 0.3) is 0 Å². The number of aliphatic hydroxyl groups excluding tert-OH is 16. The molecule has 11 rings (SSSR count). The fourth-order valence-corrected chi connectivity index (χ4v) is 20.7. The topological polar surface area (TPSA) is 515 Å². The molecule has 5 saturated carbocycles. The molecule has 33 nitrogen and oxygen atoms in total. The maximum Gasteiger partial charge on any atom is 0.335 e. The molecule has 6 aliphatic heterocycles. The zero-order valence-electron chi connectivity index (χ0n) is 59.5. The highest BCUT2D eigenvalue weighted by molar-refractivity contribution is 5.87. The van der Waals surface area contributed by atoms with Crippen molar-refractivity contribution in [3.05, 3.63) is 11.6 Å². The second kappa shape index (κ2) is 29.5. The molecule has 1 spiro atoms. The van der Waals surface area contributed by atoms with Crippen molar-refractivity contribution in [2.24, 2.45) is 50.2 Å². The number of ether oxygens (including phenoxy) is 13. The molecule has 0 amide bonds. The minimum absolute atomic E-state index is 0.0335. The van der Waals surface area contributed by atoms with E-state index in [4.69, 9.17) is 61.6 Å². The Hall–Kier alpha value is -2.93. The van der Waals surface area contributed by atoms with E-state index in [9.17, 15) is 101 Å². The second-order valence-corrected chi connectivity index (χ2v) is 32.7. The molecule has 0 radical (unpaired) electrons. The van der Waals surface area contributed by atoms with E-state index in [1.165, 1.54) is 6.92 Å². The molecular formula is C69H110O33. The fourth-order valence-electron chi connectivity index (χ4n) is 20.7. The maximum absolute atomic E-state index is 13.8. The van der Waals surface area contributed by atoms with E-state index in [2.05, 4.69) is 20.8 Å². The summed E-state index contributed by atoms with van der Waals surface area (Å²) >= 11 is 0. The molecular weight excluding hydrogens is 1360 g/mol. The van der Waals surface area contributed by atoms with Crippen LogP contribution in [0.5, 0.6) is 0 Å². The van der Waals surface area contributed by atoms with E-state index in [-0.39, 0.29) is 31.1 Å². The Morgan fingerprint density at radius 1 is 0.520 bits per heavy atom. The first-order valence-corrected chi connectivity index (χ1v) is 35.9. The SMILES string of the molecule is C/C=C(/C)C(=O)O[C@H]1[C@H](OC(=O)CCC)[C@@]23[C@H](O)C[C@]4(C)[C@@](CC[C@@H]5[C@@]6(C)CC[C@H](O[C@@H]7O[C@H](C(=O)O)[C@@H](O)[C@H](O[C@@H]8O[C@H](CO)[C@H](O)[C@H](O)[C@H]8O[C@@H]8O[C@@H](C)[C@H](O)[C@@H](O)[C@H]8O[C@@H]8O[C@H](CO)[C@@H](O)[C@H](O)[C@H]8O)[C@H]7O[C@@H]7O[C@H](CO)[C@H](O)[C@H](O)[C@H]7O)C(C)(C)[C@@H]6CC[C@]54C)(O[C@@H]2O)[C@H]3CC1(C)C. The van der Waals surface area contributed by atoms with Crippen LogP contribution in [0.3, 0.4) is 0 Å². The third kappa shape index (κ3) is 12.8. The van der Waals surface area contributed by atoms with E-state index in [1.54, 1.807) is 19.9 Å². The van der Waals surface area contributed by atoms with E-state index >= 15 is 0 Å². The number of carboxylic acid groups (broad SMARTS) is 1. The molecule has 102 heavy (non-hydrogen) atoms. The van der Waals surface area contributed by atoms with Crippen LogP contribution in [0.4, 0.5) is 0 Å². The maximum atomic E-state index is 13.8. The van der Waals surface area contributed by atoms with Gasteiger partial charge in [-0.2, -0.15) is 0 Å². The first kappa shape index (κ1) is 80.1. The zero-order valence-corrected chi connectivity index (χ0v) is 59.5. The first-order chi connectivity index (χ1) is 47.8. The van der Waals surface area contributed by atoms with E-state index in [1.807, 2.05) is 34.6 Å². The predicted molar refractivity (Wildman–Crippen MR) is 340 cm³/mol. The van der Waals surface area contributed by atoms with E-state index in [0.717, 1.165) is 0 Å². The number of carbonyl (C=O) groups is 3. The summed E-state index contributed by atoms with van der Waals surface area (Å²) in [6.07, 6.45) is -50.9. The fraction of sp³-hybridized carbons (Fsp3) is 0.928. The molecule has 11 aliphatic rings. The van der Waals surface area contributed by atoms with Crippen LogP contribution in [0.1, 0.15) is 140 Å². The van der Waals surface area contributed by atoms with Crippen molar-refractivity contribution in [1.82, 2.24) is 0 Å². The average molecular weight is 1470 g/mol. The van der Waals surface area contributed by atoms with Crippen molar-refractivity contribution in [2.75, 3.05) is 19.8 Å². The van der Waals surface area contributed by atoms with Gasteiger partial charge in [-0.3, -0.25) is 4.79 Å². The average Bonchev–Trinajstić information content (AvgIpc) is 1.39. The normalized spacial score (nSPS) is 52.8. The Balaban J connectivity index is 0.912. The molecule has 2 bridgehead atoms. The molecule has 0 aromatic carbocycles. The van der Waals surface area contributed by atoms with Crippen molar-refractivity contribution in [3.63, 3.8) is 0 Å². The van der Waals surface area contributed by atoms with Crippen molar-refractivity contribution in [3.8, 4) is 0 Å². The molecule has 38 atom stereocenters. The quantitative estimate of drug-likeness (QED) is 0.0343. The number of carboxylic acids is 1. The molecule has 0 unspecified atom stereocenters. The molecule has 0 aromatic heterocycles. The van der Waals surface area contributed by atoms with Crippen LogP contribution in [0, 0.1) is 50.2 Å². The summed E-state index contributed by atoms with van der Waals surface area (Å²) < 4.78 is 81.6. The third-order valence-electron chi connectivity index (χ3n) is 26.6. The van der Waals surface area contributed by atoms with Gasteiger partial charge < -0.3 is 148 Å². The number of carbonyl (C=O) groups excluding carboxylic acids is 2. The van der Waals surface area contributed by atoms with Crippen LogP contribution in [0.15, 0.2) is 11.6 Å². The minimum Gasteiger partial charge on any atom is -0.479 e. The summed E-state index contributed by atoms with van der Waals surface area (Å²) in [7, 11) is 0. The molecule has 6 heterocycles. The zero-order chi connectivity index (χ0) is 75.0. The Morgan fingerprint density at radius 2 is 1.03 bits per heavy atom. The summed E-state index contributed by atoms with van der Waals surface area (Å²) in [6.45, 7) is 18.0. The van der Waals surface area contributed by atoms with E-state index in [0.29, 0.717) is 50.5 Å². The highest BCUT2D eigenvalue weighted by atomic mass is 16.8. The molecule has 0 aromatic rings. The lowest BCUT2D eigenvalue weighted by Gasteiger charge is -2.75. The first-order valence-electron chi connectivity index (χ1n) is 35.9. The molecule has 6 saturated heterocycles. The van der Waals surface area contributed by atoms with Gasteiger partial charge in [0, 0.05) is 28.7 Å². The van der Waals surface area contributed by atoms with Crippen LogP contribution in [0.25, 0.3) is 0 Å². The van der Waals surface area contributed by atoms with Gasteiger partial charge in [-0.1, -0.05) is 61.5 Å². The van der Waals surface area contributed by atoms with Gasteiger partial charge in [0.15, 0.2) is 49.9 Å². The number of aliphatic carboxylic acids is 1. The summed E-state index contributed by atoms with van der Waals surface area (Å²) in [4.78, 5) is 41.0. The van der Waals surface area contributed by atoms with Crippen molar-refractivity contribution in [1.29, 1.82) is 0 Å². The number of hydrogen-bond acceptors (Lipinski definition) is 32. The standard InChI is InChI=1S/C69H110O33/c1-12-14-36(74)95-54-53(101-56(88)26(3)13-2)63(5,6)21-33-68-20-16-32-65(9)18-17-35(64(7,8)31(65)15-19-66(32,10)67(68,11)22-34(73)69(33,54)62(89)102-68)94-61-52(100-58-46(84)42(80)39(77)29(24-71)92-58)48(47(85)49(97-61)55(86)87)96-60-51(44(82)40(78)30(25-72)93-60)99-59-50(43(81)37(75)27(4)90-59)98-57-45(83)41(79)38(76)28(23-70)91-57/h13,27-35,37-54,57-62,70-73,75-85,89H,12,14-25H2,1-11H3,(H,86,87)/b26-13-/t27-,28+,29+,30+,31-,32+,33+,34+,35-,37-,38+,39-,40-,41-,42-,43+,44-,45+,46+,47-,48-,49-,50+,51+,52+,53-,54-,57-,58-,59-,60-,61+,62-,65-,66+,67-,68-,69+/m0/s1. The second-order valence-electron chi connectivity index (χ2n) is 32.7. The molecule has 17 N–H and O–H groups in total. The lowest BCUT2D eigenvalue weighted by molar-refractivity contribution is -0.412. The highest BCUT2D eigenvalue weighted by Crippen LogP contribution is 2.82. The Bertz CT molecular complexity index is 2990. The molecule has 5 aliphatic carbocycles. The molecule has 33 heteroatoms. The monoisotopic (exact) mass is 1470 g/mol. The van der Waals surface area contributed by atoms with Crippen LogP contribution in [-0.4, -0.2) is 314 Å². The van der Waals surface area contributed by atoms with Crippen LogP contribution in [0.2, 0.25) is 0 Å². The lowest BCUT2D eigenvalue weighted by Crippen LogP contribution is -2.77. The van der Waals surface area contributed by atoms with Crippen LogP contribution < -0.4 is 0 Å². The lowest BCUT2D eigenvalue weighted by atomic mass is 9.30. The van der Waals surface area contributed by atoms with Gasteiger partial charge in [-0.25, -0.2) is 9.59 Å². The number of fused-ring (bicyclic) bond motifs is 4. The summed E-state index contributed by atoms with van der Waals surface area (Å²) in [5.41, 5.74) is -6.19. The summed E-state index contributed by atoms with van der Waals surface area (Å²) in [5, 5.41) is 192. The van der Waals surface area contributed by atoms with Gasteiger partial charge in [0.2, 0.25) is 0 Å². The van der Waals surface area contributed by atoms with E-state index < -0.39 is 266 Å². The third-order valence-corrected chi connectivity index (χ3v) is 26.6. The van der Waals surface area contributed by atoms with Crippen LogP contribution in [-0.2, 0) is 76.0 Å². The highest BCUT2D eigenvalue weighted by Gasteiger charge is 2.86. The van der Waals surface area contributed by atoms with Crippen molar-refractivity contribution < 1.29 is 163 Å². The molecule has 11 fully saturated rings. The minimum atomic E-state index is -2.39. The number of hydrogen-bond donors (Lipinski definition) is 17. The Morgan fingerprint density at radius 3 is 1.59 bits per heavy atom. The van der Waals surface area contributed by atoms with Gasteiger partial charge in [-0.15, -0.1) is 0 Å². The largest absolute Gasteiger partial charge is 0.479 e. The Labute approximate surface area is 590 Å². The van der Waals surface area contributed by atoms with Gasteiger partial charge in [-0.05, 0) is 107 Å². The van der Waals surface area contributed by atoms with Gasteiger partial charge >= 0.3 is 17.9 Å². The summed E-state index contributed by atoms with van der Waals surface area (Å²) in [5.74, 6) is -3.91. The van der Waals surface area contributed by atoms with Crippen molar-refractivity contribution >= 4 is 17.9 Å². The smallest absolute Gasteiger partial charge is 0.335 e. The predicted octanol–water partition coefficient (Wildman–Crippen LogP) is -3.28. The van der Waals surface area contributed by atoms with Gasteiger partial charge in [0.1, 0.15) is 116 Å². The number of esters is 2. The number of aliphatic hydroxyl groups is 16. The number of allylic oxidation sites excluding steroid dienone is 1. The van der Waals surface area contributed by atoms with Gasteiger partial charge in [0.05, 0.1) is 49.1 Å². The Kier molecular flexibility index (Phi) is 23.1.